The van der Waals surface area contributed by atoms with E-state index in [1.165, 1.54) is 16.1 Å². The van der Waals surface area contributed by atoms with Crippen LogP contribution in [0.1, 0.15) is 9.75 Å². The number of hydrogen-bond donors (Lipinski definition) is 1. The molecule has 0 aliphatic carbocycles. The van der Waals surface area contributed by atoms with Crippen LogP contribution in [-0.2, 0) is 6.54 Å². The minimum Gasteiger partial charge on any atom is -0.383 e. The smallest absolute Gasteiger partial charge is 0.157 e. The van der Waals surface area contributed by atoms with E-state index in [0.29, 0.717) is 5.15 Å². The molecule has 6 heteroatoms. The summed E-state index contributed by atoms with van der Waals surface area (Å²) in [4.78, 5) is 12.9. The van der Waals surface area contributed by atoms with Crippen molar-refractivity contribution in [2.75, 3.05) is 24.3 Å². The Hall–Kier alpha value is -1.33. The zero-order valence-electron chi connectivity index (χ0n) is 10.6. The first-order valence-electron chi connectivity index (χ1n) is 5.56. The Morgan fingerprint density at radius 1 is 1.39 bits per heavy atom. The lowest BCUT2D eigenvalue weighted by Crippen LogP contribution is -2.18. The molecule has 0 unspecified atom stereocenters. The van der Waals surface area contributed by atoms with Crippen LogP contribution in [0.3, 0.4) is 0 Å². The molecule has 2 rings (SSSR count). The molecule has 18 heavy (non-hydrogen) atoms. The van der Waals surface area contributed by atoms with Gasteiger partial charge in [0.25, 0.3) is 0 Å². The third-order valence-electron chi connectivity index (χ3n) is 2.58. The quantitative estimate of drug-likeness (QED) is 0.875. The fraction of sp³-hybridized carbons (Fsp3) is 0.333. The van der Waals surface area contributed by atoms with Gasteiger partial charge in [0.1, 0.15) is 12.0 Å². The van der Waals surface area contributed by atoms with Crippen LogP contribution in [0.4, 0.5) is 11.5 Å². The highest BCUT2D eigenvalue weighted by Crippen LogP contribution is 2.29. The van der Waals surface area contributed by atoms with E-state index < -0.39 is 0 Å². The molecule has 2 aromatic rings. The lowest BCUT2D eigenvalue weighted by molar-refractivity contribution is 0.905. The first-order valence-corrected chi connectivity index (χ1v) is 6.76. The maximum atomic E-state index is 6.04. The van der Waals surface area contributed by atoms with E-state index in [2.05, 4.69) is 39.2 Å². The summed E-state index contributed by atoms with van der Waals surface area (Å²) in [5.74, 6) is 0.809. The van der Waals surface area contributed by atoms with Gasteiger partial charge in [0.2, 0.25) is 0 Å². The lowest BCUT2D eigenvalue weighted by Gasteiger charge is -2.20. The molecule has 0 aliphatic rings. The summed E-state index contributed by atoms with van der Waals surface area (Å²) in [5.41, 5.74) is 0.759. The SMILES string of the molecule is CNc1c(Cl)ncnc1N(C)Cc1ccc(C)s1. The summed E-state index contributed by atoms with van der Waals surface area (Å²) in [6.07, 6.45) is 1.48. The predicted octanol–water partition coefficient (Wildman–Crippen LogP) is 3.18. The second-order valence-electron chi connectivity index (χ2n) is 3.98. The lowest BCUT2D eigenvalue weighted by atomic mass is 10.4. The Balaban J connectivity index is 2.23. The van der Waals surface area contributed by atoms with Crippen molar-refractivity contribution >= 4 is 34.4 Å². The molecule has 2 aromatic heterocycles. The highest BCUT2D eigenvalue weighted by Gasteiger charge is 2.13. The average molecular weight is 283 g/mol. The zero-order chi connectivity index (χ0) is 13.1. The van der Waals surface area contributed by atoms with Crippen molar-refractivity contribution in [3.8, 4) is 0 Å². The molecule has 0 aromatic carbocycles. The molecule has 0 atom stereocenters. The van der Waals surface area contributed by atoms with E-state index in [4.69, 9.17) is 11.6 Å². The molecule has 0 bridgehead atoms. The van der Waals surface area contributed by atoms with Gasteiger partial charge in [0.15, 0.2) is 11.0 Å². The van der Waals surface area contributed by atoms with Crippen LogP contribution in [0.2, 0.25) is 5.15 Å². The summed E-state index contributed by atoms with van der Waals surface area (Å²) in [7, 11) is 3.81. The molecule has 0 spiro atoms. The standard InChI is InChI=1S/C12H15ClN4S/c1-8-4-5-9(18-8)6-17(3)12-10(14-2)11(13)15-7-16-12/h4-5,7,14H,6H2,1-3H3. The first kappa shape index (κ1) is 13.1. The van der Waals surface area contributed by atoms with Crippen molar-refractivity contribution in [3.05, 3.63) is 33.4 Å². The Labute approximate surface area is 116 Å². The van der Waals surface area contributed by atoms with Gasteiger partial charge in [-0.25, -0.2) is 9.97 Å². The van der Waals surface area contributed by atoms with Crippen LogP contribution in [-0.4, -0.2) is 24.1 Å². The average Bonchev–Trinajstić information content (AvgIpc) is 2.74. The van der Waals surface area contributed by atoms with Crippen molar-refractivity contribution < 1.29 is 0 Å². The number of rotatable bonds is 4. The van der Waals surface area contributed by atoms with Crippen molar-refractivity contribution in [3.63, 3.8) is 0 Å². The van der Waals surface area contributed by atoms with Gasteiger partial charge in [-0.1, -0.05) is 11.6 Å². The van der Waals surface area contributed by atoms with Crippen LogP contribution >= 0.6 is 22.9 Å². The topological polar surface area (TPSA) is 41.1 Å². The normalized spacial score (nSPS) is 10.4. The maximum absolute atomic E-state index is 6.04. The van der Waals surface area contributed by atoms with Crippen molar-refractivity contribution in [1.29, 1.82) is 0 Å². The third-order valence-corrected chi connectivity index (χ3v) is 3.85. The fourth-order valence-electron chi connectivity index (χ4n) is 1.74. The van der Waals surface area contributed by atoms with Gasteiger partial charge in [-0.05, 0) is 19.1 Å². The maximum Gasteiger partial charge on any atom is 0.157 e. The number of aromatic nitrogens is 2. The summed E-state index contributed by atoms with van der Waals surface area (Å²) < 4.78 is 0. The molecule has 96 valence electrons. The van der Waals surface area contributed by atoms with Crippen LogP contribution in [0, 0.1) is 6.92 Å². The molecule has 0 aliphatic heterocycles. The Kier molecular flexibility index (Phi) is 4.04. The summed E-state index contributed by atoms with van der Waals surface area (Å²) in [6, 6.07) is 4.26. The van der Waals surface area contributed by atoms with Crippen molar-refractivity contribution in [1.82, 2.24) is 9.97 Å². The summed E-state index contributed by atoms with van der Waals surface area (Å²) in [6.45, 7) is 2.91. The molecule has 1 N–H and O–H groups in total. The Morgan fingerprint density at radius 3 is 2.78 bits per heavy atom. The molecule has 0 saturated carbocycles. The fourth-order valence-corrected chi connectivity index (χ4v) is 2.91. The molecular formula is C12H15ClN4S. The van der Waals surface area contributed by atoms with Gasteiger partial charge in [-0.3, -0.25) is 0 Å². The van der Waals surface area contributed by atoms with Gasteiger partial charge in [-0.15, -0.1) is 11.3 Å². The molecule has 0 amide bonds. The largest absolute Gasteiger partial charge is 0.383 e. The van der Waals surface area contributed by atoms with Gasteiger partial charge in [0, 0.05) is 23.8 Å². The Morgan fingerprint density at radius 2 is 2.17 bits per heavy atom. The number of halogens is 1. The highest BCUT2D eigenvalue weighted by molar-refractivity contribution is 7.11. The molecule has 4 nitrogen and oxygen atoms in total. The monoisotopic (exact) mass is 282 g/mol. The number of anilines is 2. The minimum absolute atomic E-state index is 0.441. The van der Waals surface area contributed by atoms with Gasteiger partial charge < -0.3 is 10.2 Å². The number of hydrogen-bond acceptors (Lipinski definition) is 5. The Bertz CT molecular complexity index is 541. The second-order valence-corrected chi connectivity index (χ2v) is 5.71. The van der Waals surface area contributed by atoms with Crippen LogP contribution in [0.5, 0.6) is 0 Å². The van der Waals surface area contributed by atoms with Crippen molar-refractivity contribution in [2.45, 2.75) is 13.5 Å². The molecule has 0 fully saturated rings. The predicted molar refractivity (Wildman–Crippen MR) is 77.8 cm³/mol. The van der Waals surface area contributed by atoms with E-state index in [1.54, 1.807) is 11.3 Å². The third kappa shape index (κ3) is 2.73. The van der Waals surface area contributed by atoms with E-state index >= 15 is 0 Å². The van der Waals surface area contributed by atoms with Gasteiger partial charge >= 0.3 is 0 Å². The van der Waals surface area contributed by atoms with Gasteiger partial charge in [0.05, 0.1) is 6.54 Å². The zero-order valence-corrected chi connectivity index (χ0v) is 12.1. The van der Waals surface area contributed by atoms with E-state index in [1.807, 2.05) is 14.1 Å². The van der Waals surface area contributed by atoms with Crippen LogP contribution in [0.15, 0.2) is 18.5 Å². The number of nitrogens with zero attached hydrogens (tertiary/aromatic N) is 3. The molecule has 0 radical (unpaired) electrons. The summed E-state index contributed by atoms with van der Waals surface area (Å²) in [5, 5.41) is 3.48. The van der Waals surface area contributed by atoms with E-state index in [-0.39, 0.29) is 0 Å². The first-order chi connectivity index (χ1) is 8.61. The van der Waals surface area contributed by atoms with Crippen LogP contribution in [0.25, 0.3) is 0 Å². The van der Waals surface area contributed by atoms with Crippen LogP contribution < -0.4 is 10.2 Å². The molecule has 0 saturated heterocycles. The van der Waals surface area contributed by atoms with E-state index in [9.17, 15) is 0 Å². The van der Waals surface area contributed by atoms with Crippen molar-refractivity contribution in [2.24, 2.45) is 0 Å². The highest BCUT2D eigenvalue weighted by atomic mass is 35.5. The number of aryl methyl sites for hydroxylation is 1. The van der Waals surface area contributed by atoms with E-state index in [0.717, 1.165) is 18.1 Å². The molecule has 2 heterocycles. The van der Waals surface area contributed by atoms with Gasteiger partial charge in [-0.2, -0.15) is 0 Å². The minimum atomic E-state index is 0.441. The molecular weight excluding hydrogens is 268 g/mol. The number of thiophene rings is 1. The number of nitrogens with one attached hydrogen (secondary N) is 1. The second kappa shape index (κ2) is 5.54. The summed E-state index contributed by atoms with van der Waals surface area (Å²) >= 11 is 7.83.